The molecule has 0 radical (unpaired) electrons. The second kappa shape index (κ2) is 10.2. The lowest BCUT2D eigenvalue weighted by molar-refractivity contribution is -0.126. The van der Waals surface area contributed by atoms with Gasteiger partial charge in [0.1, 0.15) is 0 Å². The number of amides is 2. The molecule has 0 spiro atoms. The van der Waals surface area contributed by atoms with E-state index in [-0.39, 0.29) is 35.1 Å². The number of hydrogen-bond acceptors (Lipinski definition) is 4. The van der Waals surface area contributed by atoms with Gasteiger partial charge in [-0.2, -0.15) is 4.31 Å². The molecule has 0 unspecified atom stereocenters. The SMILES string of the molecule is CCCN(CCC)S(=O)(=O)c1ccc(N2C[C@H](C(=O)N[C@@H](C)CC)CC2=O)cc1. The number of rotatable bonds is 10. The molecule has 7 nitrogen and oxygen atoms in total. The van der Waals surface area contributed by atoms with E-state index < -0.39 is 10.0 Å². The smallest absolute Gasteiger partial charge is 0.243 e. The Bertz CT molecular complexity index is 802. The highest BCUT2D eigenvalue weighted by atomic mass is 32.2. The molecule has 0 aromatic heterocycles. The van der Waals surface area contributed by atoms with Gasteiger partial charge in [0, 0.05) is 37.8 Å². The van der Waals surface area contributed by atoms with Crippen LogP contribution in [0.3, 0.4) is 0 Å². The number of nitrogens with one attached hydrogen (secondary N) is 1. The lowest BCUT2D eigenvalue weighted by atomic mass is 10.1. The van der Waals surface area contributed by atoms with Crippen LogP contribution in [-0.4, -0.2) is 50.2 Å². The van der Waals surface area contributed by atoms with Crippen molar-refractivity contribution in [1.82, 2.24) is 9.62 Å². The van der Waals surface area contributed by atoms with Crippen LogP contribution in [-0.2, 0) is 19.6 Å². The number of nitrogens with zero attached hydrogens (tertiary/aromatic N) is 2. The number of carbonyl (C=O) groups excluding carboxylic acids is 2. The highest BCUT2D eigenvalue weighted by Gasteiger charge is 2.35. The van der Waals surface area contributed by atoms with Crippen LogP contribution in [0.5, 0.6) is 0 Å². The van der Waals surface area contributed by atoms with Crippen molar-refractivity contribution >= 4 is 27.5 Å². The van der Waals surface area contributed by atoms with E-state index in [2.05, 4.69) is 5.32 Å². The fraction of sp³-hybridized carbons (Fsp3) is 0.619. The van der Waals surface area contributed by atoms with Crippen molar-refractivity contribution in [2.24, 2.45) is 5.92 Å². The van der Waals surface area contributed by atoms with Crippen LogP contribution in [0.4, 0.5) is 5.69 Å². The Morgan fingerprint density at radius 2 is 1.76 bits per heavy atom. The molecule has 2 amide bonds. The first-order chi connectivity index (χ1) is 13.7. The van der Waals surface area contributed by atoms with Gasteiger partial charge in [-0.05, 0) is 50.5 Å². The Kier molecular flexibility index (Phi) is 8.22. The molecular weight excluding hydrogens is 390 g/mol. The Hall–Kier alpha value is -1.93. The van der Waals surface area contributed by atoms with Gasteiger partial charge in [-0.1, -0.05) is 20.8 Å². The van der Waals surface area contributed by atoms with Crippen molar-refractivity contribution in [1.29, 1.82) is 0 Å². The summed E-state index contributed by atoms with van der Waals surface area (Å²) in [6, 6.07) is 6.46. The molecule has 1 N–H and O–H groups in total. The van der Waals surface area contributed by atoms with Crippen LogP contribution in [0.2, 0.25) is 0 Å². The Morgan fingerprint density at radius 1 is 1.17 bits per heavy atom. The topological polar surface area (TPSA) is 86.8 Å². The van der Waals surface area contributed by atoms with E-state index in [1.165, 1.54) is 4.31 Å². The second-order valence-electron chi connectivity index (χ2n) is 7.62. The Labute approximate surface area is 174 Å². The predicted molar refractivity (Wildman–Crippen MR) is 114 cm³/mol. The van der Waals surface area contributed by atoms with E-state index in [4.69, 9.17) is 0 Å². The highest BCUT2D eigenvalue weighted by molar-refractivity contribution is 7.89. The van der Waals surface area contributed by atoms with Crippen LogP contribution < -0.4 is 10.2 Å². The number of sulfonamides is 1. The fourth-order valence-electron chi connectivity index (χ4n) is 3.39. The number of benzene rings is 1. The van der Waals surface area contributed by atoms with Crippen LogP contribution in [0.25, 0.3) is 0 Å². The standard InChI is InChI=1S/C21H33N3O4S/c1-5-12-23(13-6-2)29(27,28)19-10-8-18(9-11-19)24-15-17(14-20(24)25)21(26)22-16(4)7-3/h8-11,16-17H,5-7,12-15H2,1-4H3,(H,22,26)/t16-,17+/m0/s1. The maximum absolute atomic E-state index is 12.9. The summed E-state index contributed by atoms with van der Waals surface area (Å²) < 4.78 is 27.2. The monoisotopic (exact) mass is 423 g/mol. The van der Waals surface area contributed by atoms with E-state index >= 15 is 0 Å². The summed E-state index contributed by atoms with van der Waals surface area (Å²) in [7, 11) is -3.55. The molecule has 0 bridgehead atoms. The fourth-order valence-corrected chi connectivity index (χ4v) is 5.02. The normalized spacial score (nSPS) is 18.3. The van der Waals surface area contributed by atoms with Crippen LogP contribution in [0.15, 0.2) is 29.2 Å². The summed E-state index contributed by atoms with van der Waals surface area (Å²) in [6.45, 7) is 9.11. The molecule has 1 saturated heterocycles. The van der Waals surface area contributed by atoms with Crippen LogP contribution in [0.1, 0.15) is 53.4 Å². The molecule has 1 aromatic rings. The summed E-state index contributed by atoms with van der Waals surface area (Å²) >= 11 is 0. The first-order valence-corrected chi connectivity index (χ1v) is 11.9. The first kappa shape index (κ1) is 23.3. The van der Waals surface area contributed by atoms with Crippen molar-refractivity contribution < 1.29 is 18.0 Å². The van der Waals surface area contributed by atoms with Gasteiger partial charge in [0.15, 0.2) is 0 Å². The summed E-state index contributed by atoms with van der Waals surface area (Å²) in [5.74, 6) is -0.614. The minimum Gasteiger partial charge on any atom is -0.353 e. The first-order valence-electron chi connectivity index (χ1n) is 10.4. The Balaban J connectivity index is 2.13. The summed E-state index contributed by atoms with van der Waals surface area (Å²) in [5.41, 5.74) is 0.616. The van der Waals surface area contributed by atoms with Gasteiger partial charge in [0.25, 0.3) is 0 Å². The number of anilines is 1. The third-order valence-corrected chi connectivity index (χ3v) is 7.14. The highest BCUT2D eigenvalue weighted by Crippen LogP contribution is 2.27. The minimum atomic E-state index is -3.55. The van der Waals surface area contributed by atoms with Crippen molar-refractivity contribution in [3.05, 3.63) is 24.3 Å². The van der Waals surface area contributed by atoms with Crippen molar-refractivity contribution in [2.75, 3.05) is 24.5 Å². The molecule has 1 aromatic carbocycles. The molecule has 1 aliphatic rings. The summed E-state index contributed by atoms with van der Waals surface area (Å²) in [4.78, 5) is 26.6. The average Bonchev–Trinajstić information content (AvgIpc) is 3.09. The lowest BCUT2D eigenvalue weighted by Gasteiger charge is -2.22. The zero-order chi connectivity index (χ0) is 21.6. The maximum Gasteiger partial charge on any atom is 0.243 e. The van der Waals surface area contributed by atoms with E-state index in [0.29, 0.717) is 25.3 Å². The molecule has 1 heterocycles. The third kappa shape index (κ3) is 5.57. The largest absolute Gasteiger partial charge is 0.353 e. The molecule has 162 valence electrons. The predicted octanol–water partition coefficient (Wildman–Crippen LogP) is 2.76. The lowest BCUT2D eigenvalue weighted by Crippen LogP contribution is -2.38. The van der Waals surface area contributed by atoms with Gasteiger partial charge in [-0.25, -0.2) is 8.42 Å². The third-order valence-electron chi connectivity index (χ3n) is 5.23. The van der Waals surface area contributed by atoms with Gasteiger partial charge in [-0.3, -0.25) is 9.59 Å². The molecule has 29 heavy (non-hydrogen) atoms. The van der Waals surface area contributed by atoms with Crippen molar-refractivity contribution in [3.63, 3.8) is 0 Å². The molecule has 8 heteroatoms. The van der Waals surface area contributed by atoms with E-state index in [1.807, 2.05) is 27.7 Å². The minimum absolute atomic E-state index is 0.0744. The average molecular weight is 424 g/mol. The van der Waals surface area contributed by atoms with E-state index in [9.17, 15) is 18.0 Å². The zero-order valence-corrected chi connectivity index (χ0v) is 18.7. The number of carbonyl (C=O) groups is 2. The van der Waals surface area contributed by atoms with Gasteiger partial charge in [-0.15, -0.1) is 0 Å². The van der Waals surface area contributed by atoms with Gasteiger partial charge in [0.2, 0.25) is 21.8 Å². The summed E-state index contributed by atoms with van der Waals surface area (Å²) in [5, 5.41) is 2.93. The van der Waals surface area contributed by atoms with E-state index in [0.717, 1.165) is 19.3 Å². The van der Waals surface area contributed by atoms with E-state index in [1.54, 1.807) is 29.2 Å². The number of hydrogen-bond donors (Lipinski definition) is 1. The molecule has 1 fully saturated rings. The Morgan fingerprint density at radius 3 is 2.28 bits per heavy atom. The molecule has 1 aliphatic heterocycles. The molecule has 0 aliphatic carbocycles. The van der Waals surface area contributed by atoms with Crippen LogP contribution >= 0.6 is 0 Å². The maximum atomic E-state index is 12.9. The molecule has 0 saturated carbocycles. The van der Waals surface area contributed by atoms with Gasteiger partial charge < -0.3 is 10.2 Å². The molecule has 2 rings (SSSR count). The zero-order valence-electron chi connectivity index (χ0n) is 17.8. The van der Waals surface area contributed by atoms with Crippen molar-refractivity contribution in [2.45, 2.75) is 64.3 Å². The molecule has 2 atom stereocenters. The van der Waals surface area contributed by atoms with Gasteiger partial charge >= 0.3 is 0 Å². The van der Waals surface area contributed by atoms with Crippen molar-refractivity contribution in [3.8, 4) is 0 Å². The quantitative estimate of drug-likeness (QED) is 0.627. The molecular formula is C21H33N3O4S. The van der Waals surface area contributed by atoms with Gasteiger partial charge in [0.05, 0.1) is 10.8 Å². The summed E-state index contributed by atoms with van der Waals surface area (Å²) in [6.07, 6.45) is 2.50. The second-order valence-corrected chi connectivity index (χ2v) is 9.56. The van der Waals surface area contributed by atoms with Crippen LogP contribution in [0, 0.1) is 5.92 Å².